The molecule has 1 N–H and O–H groups in total. The normalized spacial score (nSPS) is 20.8. The quantitative estimate of drug-likeness (QED) is 0.567. The fourth-order valence-corrected chi connectivity index (χ4v) is 5.62. The average molecular weight is 479 g/mol. The molecule has 178 valence electrons. The summed E-state index contributed by atoms with van der Waals surface area (Å²) in [7, 11) is 1.63. The average Bonchev–Trinajstić information content (AvgIpc) is 3.53. The van der Waals surface area contributed by atoms with Gasteiger partial charge in [-0.1, -0.05) is 37.5 Å². The van der Waals surface area contributed by atoms with E-state index in [1.54, 1.807) is 28.0 Å². The van der Waals surface area contributed by atoms with E-state index >= 15 is 0 Å². The number of aromatic nitrogens is 2. The maximum Gasteiger partial charge on any atom is 0.273 e. The van der Waals surface area contributed by atoms with Crippen LogP contribution < -0.4 is 10.1 Å². The Morgan fingerprint density at radius 3 is 2.65 bits per heavy atom. The Bertz CT molecular complexity index is 1170. The molecule has 0 unspecified atom stereocenters. The SMILES string of the molecule is COc1ccc(CN2C(=O)c3cc(-c4cccs4)nn3C[C@]2(C)C(=O)NC2CCCCC2)cc1. The molecule has 7 nitrogen and oxygen atoms in total. The highest BCUT2D eigenvalue weighted by Crippen LogP contribution is 2.33. The number of thiophene rings is 1. The van der Waals surface area contributed by atoms with Crippen molar-refractivity contribution >= 4 is 23.2 Å². The third kappa shape index (κ3) is 4.22. The summed E-state index contributed by atoms with van der Waals surface area (Å²) in [5.41, 5.74) is 1.16. The van der Waals surface area contributed by atoms with Crippen molar-refractivity contribution in [3.8, 4) is 16.3 Å². The summed E-state index contributed by atoms with van der Waals surface area (Å²) in [6.07, 6.45) is 5.45. The lowest BCUT2D eigenvalue weighted by molar-refractivity contribution is -0.134. The van der Waals surface area contributed by atoms with E-state index in [1.165, 1.54) is 6.42 Å². The number of rotatable bonds is 6. The molecule has 2 aliphatic rings. The van der Waals surface area contributed by atoms with Crippen molar-refractivity contribution in [2.24, 2.45) is 0 Å². The maximum absolute atomic E-state index is 13.8. The highest BCUT2D eigenvalue weighted by Gasteiger charge is 2.48. The number of amides is 2. The molecule has 5 rings (SSSR count). The zero-order valence-corrected chi connectivity index (χ0v) is 20.4. The Hall–Kier alpha value is -3.13. The van der Waals surface area contributed by atoms with Gasteiger partial charge in [0.25, 0.3) is 5.91 Å². The van der Waals surface area contributed by atoms with Crippen LogP contribution in [-0.2, 0) is 17.9 Å². The van der Waals surface area contributed by atoms with Crippen LogP contribution in [0.3, 0.4) is 0 Å². The molecular formula is C26H30N4O3S. The Morgan fingerprint density at radius 2 is 1.97 bits per heavy atom. The second kappa shape index (κ2) is 9.25. The number of carbonyl (C=O) groups excluding carboxylic acids is 2. The second-order valence-electron chi connectivity index (χ2n) is 9.37. The molecule has 0 radical (unpaired) electrons. The molecule has 34 heavy (non-hydrogen) atoms. The third-order valence-corrected chi connectivity index (χ3v) is 7.89. The summed E-state index contributed by atoms with van der Waals surface area (Å²) in [6.45, 7) is 2.51. The fraction of sp³-hybridized carbons (Fsp3) is 0.423. The van der Waals surface area contributed by atoms with Gasteiger partial charge < -0.3 is 15.0 Å². The van der Waals surface area contributed by atoms with Gasteiger partial charge in [-0.15, -0.1) is 11.3 Å². The standard InChI is InChI=1S/C26H30N4O3S/c1-26(25(32)27-19-7-4-3-5-8-19)17-30-22(15-21(28-30)23-9-6-14-34-23)24(31)29(26)16-18-10-12-20(33-2)13-11-18/h6,9-15,19H,3-5,7-8,16-17H2,1-2H3,(H,27,32)/t26-/m1/s1. The number of nitrogens with zero attached hydrogens (tertiary/aromatic N) is 3. The second-order valence-corrected chi connectivity index (χ2v) is 10.3. The van der Waals surface area contributed by atoms with Crippen LogP contribution in [0, 0.1) is 0 Å². The van der Waals surface area contributed by atoms with Gasteiger partial charge in [-0.05, 0) is 55.0 Å². The number of hydrogen-bond acceptors (Lipinski definition) is 5. The van der Waals surface area contributed by atoms with Gasteiger partial charge in [0, 0.05) is 12.6 Å². The highest BCUT2D eigenvalue weighted by atomic mass is 32.1. The van der Waals surface area contributed by atoms with E-state index in [4.69, 9.17) is 9.84 Å². The van der Waals surface area contributed by atoms with Crippen LogP contribution in [-0.4, -0.2) is 45.2 Å². The van der Waals surface area contributed by atoms with E-state index in [-0.39, 0.29) is 17.9 Å². The first-order valence-electron chi connectivity index (χ1n) is 11.9. The van der Waals surface area contributed by atoms with Crippen LogP contribution in [0.15, 0.2) is 47.8 Å². The van der Waals surface area contributed by atoms with Crippen molar-refractivity contribution in [3.05, 3.63) is 59.1 Å². The summed E-state index contributed by atoms with van der Waals surface area (Å²) in [5.74, 6) is 0.462. The van der Waals surface area contributed by atoms with Crippen molar-refractivity contribution in [1.82, 2.24) is 20.0 Å². The fourth-order valence-electron chi connectivity index (χ4n) is 4.94. The number of nitrogens with one attached hydrogen (secondary N) is 1. The van der Waals surface area contributed by atoms with Crippen LogP contribution in [0.5, 0.6) is 5.75 Å². The van der Waals surface area contributed by atoms with Gasteiger partial charge in [0.05, 0.1) is 18.5 Å². The molecule has 2 aromatic heterocycles. The first-order valence-corrected chi connectivity index (χ1v) is 12.7. The van der Waals surface area contributed by atoms with Gasteiger partial charge in [-0.2, -0.15) is 5.10 Å². The van der Waals surface area contributed by atoms with Gasteiger partial charge in [-0.25, -0.2) is 0 Å². The number of ether oxygens (including phenoxy) is 1. The zero-order chi connectivity index (χ0) is 23.7. The van der Waals surface area contributed by atoms with Crippen molar-refractivity contribution in [2.45, 2.75) is 63.7 Å². The predicted octanol–water partition coefficient (Wildman–Crippen LogP) is 4.48. The smallest absolute Gasteiger partial charge is 0.273 e. The van der Waals surface area contributed by atoms with Gasteiger partial charge >= 0.3 is 0 Å². The Balaban J connectivity index is 1.49. The summed E-state index contributed by atoms with van der Waals surface area (Å²) in [4.78, 5) is 30.2. The van der Waals surface area contributed by atoms with Crippen molar-refractivity contribution in [3.63, 3.8) is 0 Å². The molecule has 2 amide bonds. The summed E-state index contributed by atoms with van der Waals surface area (Å²) >= 11 is 1.59. The molecule has 0 saturated heterocycles. The van der Waals surface area contributed by atoms with Crippen molar-refractivity contribution in [1.29, 1.82) is 0 Å². The number of benzene rings is 1. The van der Waals surface area contributed by atoms with Gasteiger partial charge in [0.1, 0.15) is 22.7 Å². The Kier molecular flexibility index (Phi) is 6.16. The molecule has 8 heteroatoms. The highest BCUT2D eigenvalue weighted by molar-refractivity contribution is 7.13. The molecule has 1 aliphatic heterocycles. The minimum Gasteiger partial charge on any atom is -0.497 e. The molecule has 1 fully saturated rings. The van der Waals surface area contributed by atoms with Crippen LogP contribution >= 0.6 is 11.3 Å². The number of carbonyl (C=O) groups is 2. The number of methoxy groups -OCH3 is 1. The van der Waals surface area contributed by atoms with Gasteiger partial charge in [0.15, 0.2) is 0 Å². The molecule has 1 atom stereocenters. The molecule has 1 aliphatic carbocycles. The van der Waals surface area contributed by atoms with Gasteiger partial charge in [-0.3, -0.25) is 14.3 Å². The first kappa shape index (κ1) is 22.7. The molecule has 0 bridgehead atoms. The summed E-state index contributed by atoms with van der Waals surface area (Å²) in [6, 6.07) is 13.6. The van der Waals surface area contributed by atoms with E-state index in [0.29, 0.717) is 18.8 Å². The monoisotopic (exact) mass is 478 g/mol. The summed E-state index contributed by atoms with van der Waals surface area (Å²) in [5, 5.41) is 9.97. The minimum absolute atomic E-state index is 0.111. The van der Waals surface area contributed by atoms with Crippen LogP contribution in [0.2, 0.25) is 0 Å². The summed E-state index contributed by atoms with van der Waals surface area (Å²) < 4.78 is 6.98. The van der Waals surface area contributed by atoms with Gasteiger partial charge in [0.2, 0.25) is 5.91 Å². The molecule has 1 aromatic carbocycles. The van der Waals surface area contributed by atoms with E-state index in [1.807, 2.05) is 54.8 Å². The van der Waals surface area contributed by atoms with E-state index in [2.05, 4.69) is 5.32 Å². The van der Waals surface area contributed by atoms with Crippen molar-refractivity contribution < 1.29 is 14.3 Å². The van der Waals surface area contributed by atoms with E-state index < -0.39 is 5.54 Å². The van der Waals surface area contributed by atoms with Crippen LogP contribution in [0.4, 0.5) is 0 Å². The third-order valence-electron chi connectivity index (χ3n) is 7.00. The Labute approximate surface area is 203 Å². The maximum atomic E-state index is 13.8. The molecular weight excluding hydrogens is 448 g/mol. The lowest BCUT2D eigenvalue weighted by Gasteiger charge is -2.44. The van der Waals surface area contributed by atoms with E-state index in [9.17, 15) is 9.59 Å². The molecule has 3 aromatic rings. The van der Waals surface area contributed by atoms with Crippen LogP contribution in [0.1, 0.15) is 55.1 Å². The number of hydrogen-bond donors (Lipinski definition) is 1. The first-order chi connectivity index (χ1) is 16.5. The molecule has 1 saturated carbocycles. The van der Waals surface area contributed by atoms with E-state index in [0.717, 1.165) is 47.6 Å². The number of fused-ring (bicyclic) bond motifs is 1. The Morgan fingerprint density at radius 1 is 1.21 bits per heavy atom. The lowest BCUT2D eigenvalue weighted by atomic mass is 9.91. The van der Waals surface area contributed by atoms with Crippen molar-refractivity contribution in [2.75, 3.05) is 7.11 Å². The molecule has 0 spiro atoms. The molecule has 3 heterocycles. The minimum atomic E-state index is -1.06. The lowest BCUT2D eigenvalue weighted by Crippen LogP contribution is -2.64. The van der Waals surface area contributed by atoms with Crippen LogP contribution in [0.25, 0.3) is 10.6 Å². The zero-order valence-electron chi connectivity index (χ0n) is 19.6. The topological polar surface area (TPSA) is 76.5 Å². The largest absolute Gasteiger partial charge is 0.497 e. The predicted molar refractivity (Wildman–Crippen MR) is 132 cm³/mol.